The smallest absolute Gasteiger partial charge is 0.253 e. The molecule has 0 saturated carbocycles. The van der Waals surface area contributed by atoms with Crippen molar-refractivity contribution >= 4 is 27.5 Å². The SMILES string of the molecule is O=C(c1ccc(Cl)c(S(=O)(=O)NCc2ccccc2)c1)N1CCC(n2ccnc2)CC1. The van der Waals surface area contributed by atoms with Crippen molar-refractivity contribution in [1.82, 2.24) is 19.2 Å². The Morgan fingerprint density at radius 1 is 1.13 bits per heavy atom. The highest BCUT2D eigenvalue weighted by Crippen LogP contribution is 2.26. The number of carbonyl (C=O) groups is 1. The molecule has 0 radical (unpaired) electrons. The van der Waals surface area contributed by atoms with Crippen LogP contribution in [0.2, 0.25) is 5.02 Å². The van der Waals surface area contributed by atoms with Crippen LogP contribution in [0.5, 0.6) is 0 Å². The van der Waals surface area contributed by atoms with Gasteiger partial charge in [-0.3, -0.25) is 4.79 Å². The molecule has 9 heteroatoms. The highest BCUT2D eigenvalue weighted by molar-refractivity contribution is 7.89. The number of nitrogens with one attached hydrogen (secondary N) is 1. The van der Waals surface area contributed by atoms with E-state index in [9.17, 15) is 13.2 Å². The molecule has 1 fully saturated rings. The maximum Gasteiger partial charge on any atom is 0.253 e. The first-order chi connectivity index (χ1) is 14.9. The van der Waals surface area contributed by atoms with E-state index in [-0.39, 0.29) is 22.4 Å². The third-order valence-corrected chi connectivity index (χ3v) is 7.36. The van der Waals surface area contributed by atoms with Gasteiger partial charge in [0.05, 0.1) is 11.3 Å². The fourth-order valence-corrected chi connectivity index (χ4v) is 5.27. The van der Waals surface area contributed by atoms with E-state index in [1.54, 1.807) is 23.5 Å². The fourth-order valence-electron chi connectivity index (χ4n) is 3.73. The molecule has 31 heavy (non-hydrogen) atoms. The summed E-state index contributed by atoms with van der Waals surface area (Å²) in [4.78, 5) is 18.8. The van der Waals surface area contributed by atoms with Gasteiger partial charge in [0, 0.05) is 43.6 Å². The first-order valence-corrected chi connectivity index (χ1v) is 11.9. The van der Waals surface area contributed by atoms with Crippen LogP contribution in [-0.4, -0.2) is 41.9 Å². The maximum atomic E-state index is 13.0. The zero-order chi connectivity index (χ0) is 21.8. The molecular formula is C22H23ClN4O3S. The first-order valence-electron chi connectivity index (χ1n) is 10.0. The maximum absolute atomic E-state index is 13.0. The van der Waals surface area contributed by atoms with Gasteiger partial charge in [-0.15, -0.1) is 0 Å². The number of halogens is 1. The Morgan fingerprint density at radius 3 is 2.55 bits per heavy atom. The lowest BCUT2D eigenvalue weighted by molar-refractivity contribution is 0.0694. The van der Waals surface area contributed by atoms with E-state index in [0.29, 0.717) is 24.7 Å². The number of amides is 1. The van der Waals surface area contributed by atoms with Crippen LogP contribution in [0.25, 0.3) is 0 Å². The molecule has 0 unspecified atom stereocenters. The number of imidazole rings is 1. The van der Waals surface area contributed by atoms with Crippen molar-refractivity contribution < 1.29 is 13.2 Å². The third-order valence-electron chi connectivity index (χ3n) is 5.48. The Balaban J connectivity index is 1.46. The fraction of sp³-hybridized carbons (Fsp3) is 0.273. The predicted molar refractivity (Wildman–Crippen MR) is 118 cm³/mol. The Morgan fingerprint density at radius 2 is 1.87 bits per heavy atom. The van der Waals surface area contributed by atoms with Gasteiger partial charge in [-0.2, -0.15) is 0 Å². The quantitative estimate of drug-likeness (QED) is 0.612. The van der Waals surface area contributed by atoms with Gasteiger partial charge in [0.1, 0.15) is 4.90 Å². The molecule has 1 saturated heterocycles. The van der Waals surface area contributed by atoms with Gasteiger partial charge in [-0.05, 0) is 36.6 Å². The van der Waals surface area contributed by atoms with Crippen LogP contribution in [0.3, 0.4) is 0 Å². The molecule has 2 heterocycles. The normalized spacial score (nSPS) is 15.2. The minimum Gasteiger partial charge on any atom is -0.338 e. The molecule has 2 aromatic carbocycles. The van der Waals surface area contributed by atoms with Crippen molar-refractivity contribution in [2.24, 2.45) is 0 Å². The molecular weight excluding hydrogens is 436 g/mol. The van der Waals surface area contributed by atoms with Crippen molar-refractivity contribution in [2.45, 2.75) is 30.3 Å². The summed E-state index contributed by atoms with van der Waals surface area (Å²) in [6.07, 6.45) is 7.11. The molecule has 1 aromatic heterocycles. The Hall–Kier alpha value is -2.68. The van der Waals surface area contributed by atoms with Crippen molar-refractivity contribution in [3.8, 4) is 0 Å². The number of likely N-dealkylation sites (tertiary alicyclic amines) is 1. The van der Waals surface area contributed by atoms with E-state index in [1.165, 1.54) is 12.1 Å². The minimum atomic E-state index is -3.88. The van der Waals surface area contributed by atoms with Crippen molar-refractivity contribution in [2.75, 3.05) is 13.1 Å². The molecule has 0 atom stereocenters. The van der Waals surface area contributed by atoms with Crippen LogP contribution in [-0.2, 0) is 16.6 Å². The predicted octanol–water partition coefficient (Wildman–Crippen LogP) is 3.49. The molecule has 1 aliphatic heterocycles. The number of aromatic nitrogens is 2. The molecule has 7 nitrogen and oxygen atoms in total. The van der Waals surface area contributed by atoms with E-state index in [1.807, 2.05) is 36.5 Å². The Labute approximate surface area is 186 Å². The van der Waals surface area contributed by atoms with Gasteiger partial charge in [-0.1, -0.05) is 41.9 Å². The van der Waals surface area contributed by atoms with E-state index in [4.69, 9.17) is 11.6 Å². The van der Waals surface area contributed by atoms with Gasteiger partial charge >= 0.3 is 0 Å². The lowest BCUT2D eigenvalue weighted by Crippen LogP contribution is -2.39. The summed E-state index contributed by atoms with van der Waals surface area (Å²) in [5, 5.41) is 0.0796. The van der Waals surface area contributed by atoms with E-state index < -0.39 is 10.0 Å². The first kappa shape index (κ1) is 21.5. The molecule has 0 bridgehead atoms. The number of sulfonamides is 1. The zero-order valence-electron chi connectivity index (χ0n) is 16.8. The van der Waals surface area contributed by atoms with Gasteiger partial charge in [0.25, 0.3) is 5.91 Å². The van der Waals surface area contributed by atoms with Crippen molar-refractivity contribution in [1.29, 1.82) is 0 Å². The lowest BCUT2D eigenvalue weighted by Gasteiger charge is -2.32. The minimum absolute atomic E-state index is 0.0796. The number of piperidine rings is 1. The average Bonchev–Trinajstić information content (AvgIpc) is 3.33. The molecule has 1 N–H and O–H groups in total. The van der Waals surface area contributed by atoms with Crippen LogP contribution < -0.4 is 4.72 Å². The molecule has 4 rings (SSSR count). The summed E-state index contributed by atoms with van der Waals surface area (Å²) in [5.41, 5.74) is 1.14. The molecule has 1 amide bonds. The van der Waals surface area contributed by atoms with Gasteiger partial charge in [0.2, 0.25) is 10.0 Å². The Bertz CT molecular complexity index is 1140. The van der Waals surface area contributed by atoms with Crippen LogP contribution in [0, 0.1) is 0 Å². The van der Waals surface area contributed by atoms with Crippen molar-refractivity contribution in [3.63, 3.8) is 0 Å². The van der Waals surface area contributed by atoms with Crippen LogP contribution >= 0.6 is 11.6 Å². The summed E-state index contributed by atoms with van der Waals surface area (Å²) in [6, 6.07) is 13.9. The summed E-state index contributed by atoms with van der Waals surface area (Å²) in [6.45, 7) is 1.33. The van der Waals surface area contributed by atoms with Gasteiger partial charge in [0.15, 0.2) is 0 Å². The van der Waals surface area contributed by atoms with Crippen LogP contribution in [0.4, 0.5) is 0 Å². The van der Waals surface area contributed by atoms with Crippen LogP contribution in [0.15, 0.2) is 72.1 Å². The second-order valence-electron chi connectivity index (χ2n) is 7.49. The summed E-state index contributed by atoms with van der Waals surface area (Å²) in [5.74, 6) is -0.194. The zero-order valence-corrected chi connectivity index (χ0v) is 18.4. The van der Waals surface area contributed by atoms with Gasteiger partial charge in [-0.25, -0.2) is 18.1 Å². The van der Waals surface area contributed by atoms with E-state index in [0.717, 1.165) is 18.4 Å². The molecule has 1 aliphatic rings. The molecule has 162 valence electrons. The standard InChI is InChI=1S/C22H23ClN4O3S/c23-20-7-6-18(14-21(20)31(29,30)25-15-17-4-2-1-3-5-17)22(28)26-11-8-19(9-12-26)27-13-10-24-16-27/h1-7,10,13-14,16,19,25H,8-9,11-12,15H2. The van der Waals surface area contributed by atoms with E-state index in [2.05, 4.69) is 14.3 Å². The molecule has 0 spiro atoms. The number of hydrogen-bond acceptors (Lipinski definition) is 4. The Kier molecular flexibility index (Phi) is 6.41. The monoisotopic (exact) mass is 458 g/mol. The summed E-state index contributed by atoms with van der Waals surface area (Å²) in [7, 11) is -3.88. The molecule has 3 aromatic rings. The topological polar surface area (TPSA) is 84.3 Å². The number of nitrogens with zero attached hydrogens (tertiary/aromatic N) is 3. The third kappa shape index (κ3) is 4.98. The number of hydrogen-bond donors (Lipinski definition) is 1. The largest absolute Gasteiger partial charge is 0.338 e. The summed E-state index contributed by atoms with van der Waals surface area (Å²) < 4.78 is 30.3. The van der Waals surface area contributed by atoms with Crippen molar-refractivity contribution in [3.05, 3.63) is 83.4 Å². The number of carbonyl (C=O) groups excluding carboxylic acids is 1. The number of benzene rings is 2. The summed E-state index contributed by atoms with van der Waals surface area (Å²) >= 11 is 6.18. The second kappa shape index (κ2) is 9.21. The highest BCUT2D eigenvalue weighted by Gasteiger charge is 2.26. The second-order valence-corrected chi connectivity index (χ2v) is 9.63. The number of rotatable bonds is 6. The lowest BCUT2D eigenvalue weighted by atomic mass is 10.0. The highest BCUT2D eigenvalue weighted by atomic mass is 35.5. The van der Waals surface area contributed by atoms with Gasteiger partial charge < -0.3 is 9.47 Å². The van der Waals surface area contributed by atoms with Crippen LogP contribution in [0.1, 0.15) is 34.8 Å². The van der Waals surface area contributed by atoms with E-state index >= 15 is 0 Å². The molecule has 0 aliphatic carbocycles. The average molecular weight is 459 g/mol.